The predicted molar refractivity (Wildman–Crippen MR) is 75.3 cm³/mol. The standard InChI is InChI=1S/C13H18BrFN2O2/c1-19-7-6-17-13(18)4-5-16-9-10-2-3-12(15)11(14)8-10/h2-3,8,16H,4-7,9H2,1H3,(H,17,18). The van der Waals surface area contributed by atoms with E-state index in [4.69, 9.17) is 4.74 Å². The number of methoxy groups -OCH3 is 1. The minimum absolute atomic E-state index is 0.00941. The zero-order chi connectivity index (χ0) is 14.1. The molecule has 0 heterocycles. The van der Waals surface area contributed by atoms with Gasteiger partial charge < -0.3 is 15.4 Å². The number of halogens is 2. The SMILES string of the molecule is COCCNC(=O)CCNCc1ccc(F)c(Br)c1. The summed E-state index contributed by atoms with van der Waals surface area (Å²) in [5.74, 6) is -0.286. The summed E-state index contributed by atoms with van der Waals surface area (Å²) in [5, 5.41) is 5.87. The van der Waals surface area contributed by atoms with Gasteiger partial charge in [-0.2, -0.15) is 0 Å². The third-order valence-electron chi connectivity index (χ3n) is 2.47. The average molecular weight is 333 g/mol. The maximum absolute atomic E-state index is 13.0. The first-order chi connectivity index (χ1) is 9.13. The first-order valence-electron chi connectivity index (χ1n) is 6.03. The van der Waals surface area contributed by atoms with Crippen LogP contribution in [0.5, 0.6) is 0 Å². The molecule has 2 N–H and O–H groups in total. The summed E-state index contributed by atoms with van der Waals surface area (Å²) in [6.07, 6.45) is 0.409. The van der Waals surface area contributed by atoms with Gasteiger partial charge in [0.1, 0.15) is 5.82 Å². The monoisotopic (exact) mass is 332 g/mol. The van der Waals surface area contributed by atoms with E-state index in [1.54, 1.807) is 19.2 Å². The van der Waals surface area contributed by atoms with Crippen LogP contribution in [0, 0.1) is 5.82 Å². The van der Waals surface area contributed by atoms with Crippen molar-refractivity contribution in [3.63, 3.8) is 0 Å². The van der Waals surface area contributed by atoms with Crippen LogP contribution in [0.2, 0.25) is 0 Å². The second-order valence-corrected chi connectivity index (χ2v) is 4.87. The fraction of sp³-hybridized carbons (Fsp3) is 0.462. The molecule has 1 aromatic carbocycles. The topological polar surface area (TPSA) is 50.4 Å². The van der Waals surface area contributed by atoms with Crippen LogP contribution in [0.1, 0.15) is 12.0 Å². The molecule has 0 saturated heterocycles. The van der Waals surface area contributed by atoms with Gasteiger partial charge in [-0.1, -0.05) is 6.07 Å². The number of amides is 1. The summed E-state index contributed by atoms with van der Waals surface area (Å²) in [7, 11) is 1.59. The van der Waals surface area contributed by atoms with Gasteiger partial charge in [-0.3, -0.25) is 4.79 Å². The van der Waals surface area contributed by atoms with Crippen molar-refractivity contribution in [2.24, 2.45) is 0 Å². The van der Waals surface area contributed by atoms with Gasteiger partial charge in [0.15, 0.2) is 0 Å². The lowest BCUT2D eigenvalue weighted by Crippen LogP contribution is -2.29. The first-order valence-corrected chi connectivity index (χ1v) is 6.83. The van der Waals surface area contributed by atoms with Crippen molar-refractivity contribution in [3.05, 3.63) is 34.1 Å². The maximum atomic E-state index is 13.0. The van der Waals surface area contributed by atoms with E-state index in [9.17, 15) is 9.18 Å². The number of hydrogen-bond acceptors (Lipinski definition) is 3. The molecule has 0 bridgehead atoms. The van der Waals surface area contributed by atoms with Crippen molar-refractivity contribution in [1.29, 1.82) is 0 Å². The molecule has 0 unspecified atom stereocenters. The van der Waals surface area contributed by atoms with E-state index < -0.39 is 0 Å². The average Bonchev–Trinajstić information content (AvgIpc) is 2.39. The molecule has 0 radical (unpaired) electrons. The highest BCUT2D eigenvalue weighted by molar-refractivity contribution is 9.10. The second kappa shape index (κ2) is 9.01. The molecular weight excluding hydrogens is 315 g/mol. The molecule has 6 heteroatoms. The van der Waals surface area contributed by atoms with Crippen molar-refractivity contribution in [1.82, 2.24) is 10.6 Å². The van der Waals surface area contributed by atoms with Gasteiger partial charge in [0, 0.05) is 33.2 Å². The molecule has 1 rings (SSSR count). The van der Waals surface area contributed by atoms with E-state index in [1.165, 1.54) is 6.07 Å². The highest BCUT2D eigenvalue weighted by Crippen LogP contribution is 2.16. The van der Waals surface area contributed by atoms with Gasteiger partial charge in [-0.05, 0) is 33.6 Å². The Morgan fingerprint density at radius 3 is 2.89 bits per heavy atom. The Balaban J connectivity index is 2.16. The first kappa shape index (κ1) is 16.1. The number of hydrogen-bond donors (Lipinski definition) is 2. The Morgan fingerprint density at radius 2 is 2.21 bits per heavy atom. The van der Waals surface area contributed by atoms with E-state index in [1.807, 2.05) is 0 Å². The molecule has 0 aliphatic carbocycles. The number of ether oxygens (including phenoxy) is 1. The Hall–Kier alpha value is -0.980. The Morgan fingerprint density at radius 1 is 1.42 bits per heavy atom. The summed E-state index contributed by atoms with van der Waals surface area (Å²) in [4.78, 5) is 11.4. The van der Waals surface area contributed by atoms with E-state index in [0.717, 1.165) is 5.56 Å². The van der Waals surface area contributed by atoms with E-state index in [2.05, 4.69) is 26.6 Å². The molecule has 19 heavy (non-hydrogen) atoms. The molecular formula is C13H18BrFN2O2. The molecule has 0 aliphatic rings. The van der Waals surface area contributed by atoms with Crippen molar-refractivity contribution >= 4 is 21.8 Å². The number of carbonyl (C=O) groups excluding carboxylic acids is 1. The fourth-order valence-electron chi connectivity index (χ4n) is 1.47. The van der Waals surface area contributed by atoms with Crippen LogP contribution in [0.4, 0.5) is 4.39 Å². The minimum Gasteiger partial charge on any atom is -0.383 e. The lowest BCUT2D eigenvalue weighted by molar-refractivity contribution is -0.121. The fourth-order valence-corrected chi connectivity index (χ4v) is 1.89. The summed E-state index contributed by atoms with van der Waals surface area (Å²) >= 11 is 3.13. The maximum Gasteiger partial charge on any atom is 0.221 e. The van der Waals surface area contributed by atoms with Crippen LogP contribution in [0.15, 0.2) is 22.7 Å². The van der Waals surface area contributed by atoms with Crippen LogP contribution in [0.3, 0.4) is 0 Å². The highest BCUT2D eigenvalue weighted by Gasteiger charge is 2.02. The summed E-state index contributed by atoms with van der Waals surface area (Å²) < 4.78 is 18.3. The van der Waals surface area contributed by atoms with Crippen molar-refractivity contribution in [3.8, 4) is 0 Å². The van der Waals surface area contributed by atoms with Crippen LogP contribution >= 0.6 is 15.9 Å². The largest absolute Gasteiger partial charge is 0.383 e. The van der Waals surface area contributed by atoms with Crippen LogP contribution in [-0.4, -0.2) is 32.7 Å². The van der Waals surface area contributed by atoms with E-state index in [-0.39, 0.29) is 11.7 Å². The predicted octanol–water partition coefficient (Wildman–Crippen LogP) is 1.83. The van der Waals surface area contributed by atoms with Crippen LogP contribution < -0.4 is 10.6 Å². The Bertz CT molecular complexity index is 416. The van der Waals surface area contributed by atoms with Gasteiger partial charge in [0.25, 0.3) is 0 Å². The van der Waals surface area contributed by atoms with Gasteiger partial charge in [-0.15, -0.1) is 0 Å². The molecule has 0 saturated carbocycles. The van der Waals surface area contributed by atoms with Gasteiger partial charge in [-0.25, -0.2) is 4.39 Å². The van der Waals surface area contributed by atoms with Crippen molar-refractivity contribution < 1.29 is 13.9 Å². The molecule has 0 aliphatic heterocycles. The van der Waals surface area contributed by atoms with Gasteiger partial charge in [0.05, 0.1) is 11.1 Å². The summed E-state index contributed by atoms with van der Waals surface area (Å²) in [6.45, 7) is 2.22. The smallest absolute Gasteiger partial charge is 0.221 e. The highest BCUT2D eigenvalue weighted by atomic mass is 79.9. The summed E-state index contributed by atoms with van der Waals surface area (Å²) in [6, 6.07) is 4.85. The third kappa shape index (κ3) is 6.66. The number of nitrogens with one attached hydrogen (secondary N) is 2. The van der Waals surface area contributed by atoms with Crippen molar-refractivity contribution in [2.45, 2.75) is 13.0 Å². The van der Waals surface area contributed by atoms with Gasteiger partial charge >= 0.3 is 0 Å². The summed E-state index contributed by atoms with van der Waals surface area (Å²) in [5.41, 5.74) is 0.966. The zero-order valence-electron chi connectivity index (χ0n) is 10.8. The van der Waals surface area contributed by atoms with E-state index in [0.29, 0.717) is 37.1 Å². The number of carbonyl (C=O) groups is 1. The second-order valence-electron chi connectivity index (χ2n) is 4.02. The third-order valence-corrected chi connectivity index (χ3v) is 3.08. The Labute approximate surface area is 120 Å². The number of benzene rings is 1. The molecule has 1 amide bonds. The molecule has 0 atom stereocenters. The van der Waals surface area contributed by atoms with Crippen molar-refractivity contribution in [2.75, 3.05) is 26.8 Å². The lowest BCUT2D eigenvalue weighted by atomic mass is 10.2. The lowest BCUT2D eigenvalue weighted by Gasteiger charge is -2.07. The molecule has 0 aromatic heterocycles. The Kier molecular flexibility index (Phi) is 7.62. The number of rotatable bonds is 8. The molecule has 4 nitrogen and oxygen atoms in total. The van der Waals surface area contributed by atoms with Crippen LogP contribution in [-0.2, 0) is 16.1 Å². The zero-order valence-corrected chi connectivity index (χ0v) is 12.4. The van der Waals surface area contributed by atoms with Crippen LogP contribution in [0.25, 0.3) is 0 Å². The van der Waals surface area contributed by atoms with E-state index >= 15 is 0 Å². The quantitative estimate of drug-likeness (QED) is 0.714. The normalized spacial score (nSPS) is 10.5. The van der Waals surface area contributed by atoms with Gasteiger partial charge in [0.2, 0.25) is 5.91 Å². The molecule has 0 spiro atoms. The molecule has 106 valence electrons. The molecule has 0 fully saturated rings. The minimum atomic E-state index is -0.277. The molecule has 1 aromatic rings.